The molecule has 36 heavy (non-hydrogen) atoms. The van der Waals surface area contributed by atoms with Crippen LogP contribution in [0.4, 0.5) is 4.79 Å². The molecule has 0 radical (unpaired) electrons. The van der Waals surface area contributed by atoms with Crippen LogP contribution < -0.4 is 10.6 Å². The molecule has 7 heteroatoms. The van der Waals surface area contributed by atoms with Gasteiger partial charge in [-0.2, -0.15) is 0 Å². The maximum absolute atomic E-state index is 13.7. The smallest absolute Gasteiger partial charge is 0.408 e. The zero-order valence-electron chi connectivity index (χ0n) is 23.6. The van der Waals surface area contributed by atoms with E-state index < -0.39 is 23.8 Å². The molecule has 204 valence electrons. The monoisotopic (exact) mass is 503 g/mol. The van der Waals surface area contributed by atoms with Crippen molar-refractivity contribution in [2.75, 3.05) is 13.1 Å². The summed E-state index contributed by atoms with van der Waals surface area (Å²) in [5.74, 6) is -0.491. The minimum absolute atomic E-state index is 0.191. The van der Waals surface area contributed by atoms with Gasteiger partial charge in [-0.15, -0.1) is 0 Å². The quantitative estimate of drug-likeness (QED) is 0.291. The van der Waals surface area contributed by atoms with Crippen LogP contribution in [0, 0.1) is 0 Å². The Kier molecular flexibility index (Phi) is 14.2. The topological polar surface area (TPSA) is 87.7 Å². The van der Waals surface area contributed by atoms with Crippen LogP contribution in [-0.4, -0.2) is 47.5 Å². The van der Waals surface area contributed by atoms with Gasteiger partial charge in [0.05, 0.1) is 0 Å². The third-order valence-electron chi connectivity index (χ3n) is 5.98. The van der Waals surface area contributed by atoms with Gasteiger partial charge in [-0.25, -0.2) is 4.79 Å². The zero-order chi connectivity index (χ0) is 27.1. The molecule has 1 aromatic carbocycles. The SMILES string of the molecule is CCCCCCN(C(=O)C(C)NC(=O)OC(C)(C)C)C(C(=O)NCCCCC)c1ccc(CC)cc1. The molecule has 0 fully saturated rings. The summed E-state index contributed by atoms with van der Waals surface area (Å²) in [5.41, 5.74) is 1.27. The maximum Gasteiger partial charge on any atom is 0.408 e. The Hall–Kier alpha value is -2.57. The molecule has 1 aromatic rings. The number of hydrogen-bond donors (Lipinski definition) is 2. The number of nitrogens with zero attached hydrogens (tertiary/aromatic N) is 1. The van der Waals surface area contributed by atoms with Crippen LogP contribution >= 0.6 is 0 Å². The molecule has 7 nitrogen and oxygen atoms in total. The summed E-state index contributed by atoms with van der Waals surface area (Å²) in [4.78, 5) is 41.2. The highest BCUT2D eigenvalue weighted by Gasteiger charge is 2.34. The second-order valence-corrected chi connectivity index (χ2v) is 10.5. The van der Waals surface area contributed by atoms with Gasteiger partial charge >= 0.3 is 6.09 Å². The highest BCUT2D eigenvalue weighted by atomic mass is 16.6. The fraction of sp³-hybridized carbons (Fsp3) is 0.690. The van der Waals surface area contributed by atoms with Gasteiger partial charge < -0.3 is 20.3 Å². The van der Waals surface area contributed by atoms with Gasteiger partial charge in [0.1, 0.15) is 17.7 Å². The van der Waals surface area contributed by atoms with Gasteiger partial charge in [0.15, 0.2) is 0 Å². The lowest BCUT2D eigenvalue weighted by Gasteiger charge is -2.34. The fourth-order valence-electron chi connectivity index (χ4n) is 3.96. The van der Waals surface area contributed by atoms with E-state index in [2.05, 4.69) is 31.4 Å². The predicted octanol–water partition coefficient (Wildman–Crippen LogP) is 5.92. The van der Waals surface area contributed by atoms with E-state index in [4.69, 9.17) is 4.74 Å². The summed E-state index contributed by atoms with van der Waals surface area (Å²) in [7, 11) is 0. The van der Waals surface area contributed by atoms with Gasteiger partial charge in [0.25, 0.3) is 0 Å². The van der Waals surface area contributed by atoms with E-state index in [1.165, 1.54) is 5.56 Å². The molecule has 0 bridgehead atoms. The molecule has 2 unspecified atom stereocenters. The number of amides is 3. The normalized spacial score (nSPS) is 13.0. The first-order valence-corrected chi connectivity index (χ1v) is 13.7. The van der Waals surface area contributed by atoms with E-state index >= 15 is 0 Å². The number of alkyl carbamates (subject to hydrolysis) is 1. The minimum atomic E-state index is -0.837. The van der Waals surface area contributed by atoms with Crippen molar-refractivity contribution in [3.63, 3.8) is 0 Å². The Balaban J connectivity index is 3.25. The number of benzene rings is 1. The Morgan fingerprint density at radius 2 is 1.53 bits per heavy atom. The van der Waals surface area contributed by atoms with Gasteiger partial charge in [0.2, 0.25) is 11.8 Å². The first kappa shape index (κ1) is 31.5. The number of unbranched alkanes of at least 4 members (excludes halogenated alkanes) is 5. The molecule has 0 spiro atoms. The van der Waals surface area contributed by atoms with Gasteiger partial charge in [-0.3, -0.25) is 9.59 Å². The van der Waals surface area contributed by atoms with Gasteiger partial charge in [-0.05, 0) is 58.1 Å². The second-order valence-electron chi connectivity index (χ2n) is 10.5. The third kappa shape index (κ3) is 11.4. The summed E-state index contributed by atoms with van der Waals surface area (Å²) in [6, 6.07) is 6.29. The van der Waals surface area contributed by atoms with Crippen molar-refractivity contribution < 1.29 is 19.1 Å². The molecule has 0 aromatic heterocycles. The highest BCUT2D eigenvalue weighted by Crippen LogP contribution is 2.24. The number of carbonyl (C=O) groups is 3. The summed E-state index contributed by atoms with van der Waals surface area (Å²) in [6.07, 6.45) is 7.12. The third-order valence-corrected chi connectivity index (χ3v) is 5.98. The first-order chi connectivity index (χ1) is 17.0. The predicted molar refractivity (Wildman–Crippen MR) is 146 cm³/mol. The Bertz CT molecular complexity index is 802. The first-order valence-electron chi connectivity index (χ1n) is 13.7. The van der Waals surface area contributed by atoms with Crippen LogP contribution in [0.1, 0.15) is 111 Å². The highest BCUT2D eigenvalue weighted by molar-refractivity contribution is 5.92. The zero-order valence-corrected chi connectivity index (χ0v) is 23.6. The molecule has 0 saturated carbocycles. The summed E-state index contributed by atoms with van der Waals surface area (Å²) < 4.78 is 5.35. The molecule has 3 amide bonds. The van der Waals surface area contributed by atoms with Crippen LogP contribution in [0.15, 0.2) is 24.3 Å². The van der Waals surface area contributed by atoms with Crippen molar-refractivity contribution in [1.82, 2.24) is 15.5 Å². The van der Waals surface area contributed by atoms with Crippen molar-refractivity contribution in [3.8, 4) is 0 Å². The van der Waals surface area contributed by atoms with E-state index in [0.29, 0.717) is 13.1 Å². The summed E-state index contributed by atoms with van der Waals surface area (Å²) >= 11 is 0. The average molecular weight is 504 g/mol. The van der Waals surface area contributed by atoms with Crippen molar-refractivity contribution in [1.29, 1.82) is 0 Å². The summed E-state index contributed by atoms with van der Waals surface area (Å²) in [5, 5.41) is 5.71. The lowest BCUT2D eigenvalue weighted by Crippen LogP contribution is -2.52. The van der Waals surface area contributed by atoms with Crippen LogP contribution in [-0.2, 0) is 20.7 Å². The van der Waals surface area contributed by atoms with E-state index in [1.807, 2.05) is 24.3 Å². The van der Waals surface area contributed by atoms with E-state index in [9.17, 15) is 14.4 Å². The fourth-order valence-corrected chi connectivity index (χ4v) is 3.96. The number of rotatable bonds is 15. The largest absolute Gasteiger partial charge is 0.444 e. The molecule has 2 N–H and O–H groups in total. The Morgan fingerprint density at radius 1 is 0.917 bits per heavy atom. The van der Waals surface area contributed by atoms with E-state index in [1.54, 1.807) is 32.6 Å². The van der Waals surface area contributed by atoms with E-state index in [-0.39, 0.29) is 11.8 Å². The molecule has 0 aliphatic carbocycles. The summed E-state index contributed by atoms with van der Waals surface area (Å²) in [6.45, 7) is 14.3. The van der Waals surface area contributed by atoms with Crippen molar-refractivity contribution in [2.24, 2.45) is 0 Å². The molecule has 0 heterocycles. The standard InChI is InChI=1S/C29H49N3O4/c1-8-11-13-15-21-32(27(34)22(4)31-28(35)36-29(5,6)7)25(26(33)30-20-14-12-9-2)24-18-16-23(10-3)17-19-24/h16-19,22,25H,8-15,20-21H2,1-7H3,(H,30,33)(H,31,35). The van der Waals surface area contributed by atoms with Crippen LogP contribution in [0.25, 0.3) is 0 Å². The number of nitrogens with one attached hydrogen (secondary N) is 2. The van der Waals surface area contributed by atoms with Gasteiger partial charge in [0, 0.05) is 13.1 Å². The Labute approximate surface area is 218 Å². The van der Waals surface area contributed by atoms with Crippen molar-refractivity contribution in [3.05, 3.63) is 35.4 Å². The van der Waals surface area contributed by atoms with E-state index in [0.717, 1.165) is 56.9 Å². The molecule has 1 rings (SSSR count). The number of hydrogen-bond acceptors (Lipinski definition) is 4. The van der Waals surface area contributed by atoms with Crippen LogP contribution in [0.5, 0.6) is 0 Å². The average Bonchev–Trinajstić information content (AvgIpc) is 2.82. The number of ether oxygens (including phenoxy) is 1. The van der Waals surface area contributed by atoms with Crippen molar-refractivity contribution >= 4 is 17.9 Å². The molecule has 2 atom stereocenters. The Morgan fingerprint density at radius 3 is 2.08 bits per heavy atom. The molecular formula is C29H49N3O4. The molecule has 0 saturated heterocycles. The number of aryl methyl sites for hydroxylation is 1. The molecule has 0 aliphatic rings. The number of carbonyl (C=O) groups excluding carboxylic acids is 3. The minimum Gasteiger partial charge on any atom is -0.444 e. The lowest BCUT2D eigenvalue weighted by atomic mass is 10.00. The van der Waals surface area contributed by atoms with Crippen LogP contribution in [0.3, 0.4) is 0 Å². The van der Waals surface area contributed by atoms with Gasteiger partial charge in [-0.1, -0.05) is 77.1 Å². The van der Waals surface area contributed by atoms with Crippen LogP contribution in [0.2, 0.25) is 0 Å². The second kappa shape index (κ2) is 16.2. The lowest BCUT2D eigenvalue weighted by molar-refractivity contribution is -0.142. The maximum atomic E-state index is 13.7. The molecular weight excluding hydrogens is 454 g/mol. The molecule has 0 aliphatic heterocycles. The van der Waals surface area contributed by atoms with Crippen molar-refractivity contribution in [2.45, 2.75) is 118 Å².